The summed E-state index contributed by atoms with van der Waals surface area (Å²) in [4.78, 5) is 9.89. The van der Waals surface area contributed by atoms with Gasteiger partial charge in [0.25, 0.3) is 0 Å². The molecule has 24 heavy (non-hydrogen) atoms. The van der Waals surface area contributed by atoms with E-state index in [1.165, 1.54) is 5.75 Å². The van der Waals surface area contributed by atoms with Gasteiger partial charge in [-0.15, -0.1) is 24.0 Å². The Balaban J connectivity index is 0.00000288. The van der Waals surface area contributed by atoms with E-state index in [4.69, 9.17) is 9.73 Å². The molecule has 1 N–H and O–H groups in total. The van der Waals surface area contributed by atoms with Crippen molar-refractivity contribution in [2.45, 2.75) is 39.0 Å². The lowest BCUT2D eigenvalue weighted by molar-refractivity contribution is 0.0220. The summed E-state index contributed by atoms with van der Waals surface area (Å²) in [5.41, 5.74) is 0. The highest BCUT2D eigenvalue weighted by Crippen LogP contribution is 2.24. The summed E-state index contributed by atoms with van der Waals surface area (Å²) in [5.74, 6) is 3.02. The second-order valence-electron chi connectivity index (χ2n) is 6.79. The molecule has 0 aromatic rings. The maximum Gasteiger partial charge on any atom is 0.194 e. The Bertz CT molecular complexity index is 378. The van der Waals surface area contributed by atoms with Crippen LogP contribution in [0.1, 0.15) is 27.7 Å². The quantitative estimate of drug-likeness (QED) is 0.380. The van der Waals surface area contributed by atoms with E-state index in [1.54, 1.807) is 0 Å². The van der Waals surface area contributed by atoms with Gasteiger partial charge < -0.3 is 15.0 Å². The Labute approximate surface area is 169 Å². The molecular formula is C17H35IN4OS. The first-order chi connectivity index (χ1) is 11.1. The summed E-state index contributed by atoms with van der Waals surface area (Å²) in [6.45, 7) is 16.9. The number of thioether (sulfide) groups is 1. The zero-order valence-corrected chi connectivity index (χ0v) is 18.8. The molecule has 2 aliphatic rings. The van der Waals surface area contributed by atoms with Crippen LogP contribution in [0.3, 0.4) is 0 Å². The van der Waals surface area contributed by atoms with Gasteiger partial charge in [0.2, 0.25) is 0 Å². The van der Waals surface area contributed by atoms with Crippen molar-refractivity contribution in [2.75, 3.05) is 58.2 Å². The number of hydrogen-bond acceptors (Lipinski definition) is 4. The van der Waals surface area contributed by atoms with Crippen LogP contribution in [0.5, 0.6) is 0 Å². The predicted molar refractivity (Wildman–Crippen MR) is 116 cm³/mol. The lowest BCUT2D eigenvalue weighted by atomic mass is 10.1. The summed E-state index contributed by atoms with van der Waals surface area (Å²) in [7, 11) is 0. The largest absolute Gasteiger partial charge is 0.379 e. The first-order valence-corrected chi connectivity index (χ1v) is 10.1. The van der Waals surface area contributed by atoms with E-state index in [0.29, 0.717) is 11.3 Å². The minimum atomic E-state index is 0. The molecule has 2 unspecified atom stereocenters. The normalized spacial score (nSPS) is 24.6. The molecule has 0 aromatic carbocycles. The second kappa shape index (κ2) is 11.8. The van der Waals surface area contributed by atoms with Gasteiger partial charge in [0.1, 0.15) is 0 Å². The van der Waals surface area contributed by atoms with Crippen LogP contribution in [0.25, 0.3) is 0 Å². The first-order valence-electron chi connectivity index (χ1n) is 9.08. The van der Waals surface area contributed by atoms with Crippen LogP contribution in [0, 0.1) is 5.92 Å². The van der Waals surface area contributed by atoms with Gasteiger partial charge >= 0.3 is 0 Å². The smallest absolute Gasteiger partial charge is 0.194 e. The summed E-state index contributed by atoms with van der Waals surface area (Å²) in [5, 5.41) is 4.21. The van der Waals surface area contributed by atoms with E-state index in [-0.39, 0.29) is 24.0 Å². The maximum atomic E-state index is 5.44. The molecule has 2 fully saturated rings. The highest BCUT2D eigenvalue weighted by molar-refractivity contribution is 14.0. The first kappa shape index (κ1) is 22.3. The van der Waals surface area contributed by atoms with Crippen LogP contribution in [0.4, 0.5) is 0 Å². The van der Waals surface area contributed by atoms with Crippen LogP contribution in [0.2, 0.25) is 0 Å². The van der Waals surface area contributed by atoms with E-state index >= 15 is 0 Å². The summed E-state index contributed by atoms with van der Waals surface area (Å²) >= 11 is 2.11. The minimum absolute atomic E-state index is 0. The molecule has 2 heterocycles. The third kappa shape index (κ3) is 6.88. The number of rotatable bonds is 5. The van der Waals surface area contributed by atoms with E-state index in [9.17, 15) is 0 Å². The molecule has 2 rings (SSSR count). The Morgan fingerprint density at radius 3 is 2.58 bits per heavy atom. The zero-order valence-electron chi connectivity index (χ0n) is 15.7. The van der Waals surface area contributed by atoms with Crippen molar-refractivity contribution in [3.8, 4) is 0 Å². The van der Waals surface area contributed by atoms with Crippen LogP contribution in [-0.4, -0.2) is 85.3 Å². The SMILES string of the molecule is CCNC(=NCC(C)N1CCOCC1)N1CCSC(C(C)C)C1.I. The van der Waals surface area contributed by atoms with Gasteiger partial charge in [0, 0.05) is 49.8 Å². The maximum absolute atomic E-state index is 5.44. The molecule has 5 nitrogen and oxygen atoms in total. The third-order valence-electron chi connectivity index (χ3n) is 4.65. The zero-order chi connectivity index (χ0) is 16.7. The van der Waals surface area contributed by atoms with Crippen LogP contribution in [-0.2, 0) is 4.74 Å². The predicted octanol–water partition coefficient (Wildman–Crippen LogP) is 2.36. The Morgan fingerprint density at radius 1 is 1.25 bits per heavy atom. The summed E-state index contributed by atoms with van der Waals surface area (Å²) < 4.78 is 5.44. The van der Waals surface area contributed by atoms with Gasteiger partial charge in [-0.2, -0.15) is 11.8 Å². The lowest BCUT2D eigenvalue weighted by Crippen LogP contribution is -2.50. The number of nitrogens with zero attached hydrogens (tertiary/aromatic N) is 3. The lowest BCUT2D eigenvalue weighted by Gasteiger charge is -2.37. The molecule has 0 aliphatic carbocycles. The fourth-order valence-corrected chi connectivity index (χ4v) is 4.35. The second-order valence-corrected chi connectivity index (χ2v) is 8.14. The molecule has 0 amide bonds. The van der Waals surface area contributed by atoms with Gasteiger partial charge in [-0.1, -0.05) is 13.8 Å². The monoisotopic (exact) mass is 470 g/mol. The van der Waals surface area contributed by atoms with Crippen molar-refractivity contribution < 1.29 is 4.74 Å². The van der Waals surface area contributed by atoms with Gasteiger partial charge in [0.15, 0.2) is 5.96 Å². The molecule has 7 heteroatoms. The molecule has 0 bridgehead atoms. The van der Waals surface area contributed by atoms with Gasteiger partial charge in [0.05, 0.1) is 19.8 Å². The molecule has 0 saturated carbocycles. The van der Waals surface area contributed by atoms with Crippen molar-refractivity contribution in [1.29, 1.82) is 0 Å². The number of guanidine groups is 1. The van der Waals surface area contributed by atoms with E-state index in [1.807, 2.05) is 0 Å². The molecule has 2 atom stereocenters. The van der Waals surface area contributed by atoms with Crippen molar-refractivity contribution in [2.24, 2.45) is 10.9 Å². The average molecular weight is 470 g/mol. The number of morpholine rings is 1. The van der Waals surface area contributed by atoms with Gasteiger partial charge in [-0.3, -0.25) is 9.89 Å². The van der Waals surface area contributed by atoms with Crippen LogP contribution >= 0.6 is 35.7 Å². The summed E-state index contributed by atoms with van der Waals surface area (Å²) in [6.07, 6.45) is 0. The van der Waals surface area contributed by atoms with Crippen molar-refractivity contribution >= 4 is 41.7 Å². The highest BCUT2D eigenvalue weighted by atomic mass is 127. The molecule has 2 saturated heterocycles. The van der Waals surface area contributed by atoms with Crippen LogP contribution in [0.15, 0.2) is 4.99 Å². The fraction of sp³-hybridized carbons (Fsp3) is 0.941. The molecule has 142 valence electrons. The van der Waals surface area contributed by atoms with Crippen molar-refractivity contribution in [1.82, 2.24) is 15.1 Å². The highest BCUT2D eigenvalue weighted by Gasteiger charge is 2.25. The molecule has 0 aromatic heterocycles. The van der Waals surface area contributed by atoms with Gasteiger partial charge in [-0.05, 0) is 19.8 Å². The Kier molecular flexibility index (Phi) is 11.0. The Morgan fingerprint density at radius 2 is 1.96 bits per heavy atom. The fourth-order valence-electron chi connectivity index (χ4n) is 3.05. The number of nitrogens with one attached hydrogen (secondary N) is 1. The number of halogens is 1. The number of aliphatic imine (C=N–C) groups is 1. The van der Waals surface area contributed by atoms with E-state index in [2.05, 4.69) is 54.6 Å². The third-order valence-corrected chi connectivity index (χ3v) is 6.19. The number of hydrogen-bond donors (Lipinski definition) is 1. The summed E-state index contributed by atoms with van der Waals surface area (Å²) in [6, 6.07) is 0.479. The van der Waals surface area contributed by atoms with Gasteiger partial charge in [-0.25, -0.2) is 0 Å². The Hall–Kier alpha value is 0.270. The molecular weight excluding hydrogens is 435 g/mol. The topological polar surface area (TPSA) is 40.1 Å². The standard InChI is InChI=1S/C17H34N4OS.HI/c1-5-18-17(21-8-11-23-16(13-21)14(2)3)19-12-15(4)20-6-9-22-10-7-20;/h14-16H,5-13H2,1-4H3,(H,18,19);1H. The van der Waals surface area contributed by atoms with Crippen molar-refractivity contribution in [3.63, 3.8) is 0 Å². The van der Waals surface area contributed by atoms with Crippen LogP contribution < -0.4 is 5.32 Å². The average Bonchev–Trinajstić information content (AvgIpc) is 2.59. The molecule has 0 spiro atoms. The van der Waals surface area contributed by atoms with E-state index in [0.717, 1.165) is 64.4 Å². The minimum Gasteiger partial charge on any atom is -0.379 e. The number of ether oxygens (including phenoxy) is 1. The molecule has 2 aliphatic heterocycles. The van der Waals surface area contributed by atoms with Crippen molar-refractivity contribution in [3.05, 3.63) is 0 Å². The van der Waals surface area contributed by atoms with E-state index < -0.39 is 0 Å². The molecule has 0 radical (unpaired) electrons.